The maximum Gasteiger partial charge on any atom is 0.246 e. The summed E-state index contributed by atoms with van der Waals surface area (Å²) in [6.07, 6.45) is 2.77. The monoisotopic (exact) mass is 279 g/mol. The lowest BCUT2D eigenvalue weighted by Crippen LogP contribution is -2.19. The Bertz CT molecular complexity index is 759. The van der Waals surface area contributed by atoms with E-state index in [-0.39, 0.29) is 12.5 Å². The van der Waals surface area contributed by atoms with Gasteiger partial charge in [-0.25, -0.2) is 0 Å². The fourth-order valence-corrected chi connectivity index (χ4v) is 2.31. The molecule has 0 atom stereocenters. The number of benzene rings is 2. The van der Waals surface area contributed by atoms with E-state index in [0.717, 1.165) is 23.0 Å². The normalized spacial score (nSPS) is 10.7. The maximum absolute atomic E-state index is 12.1. The average molecular weight is 279 g/mol. The van der Waals surface area contributed by atoms with Gasteiger partial charge in [-0.3, -0.25) is 9.48 Å². The van der Waals surface area contributed by atoms with E-state index in [1.54, 1.807) is 10.9 Å². The van der Waals surface area contributed by atoms with Gasteiger partial charge in [-0.15, -0.1) is 0 Å². The molecule has 0 radical (unpaired) electrons. The van der Waals surface area contributed by atoms with Gasteiger partial charge in [-0.1, -0.05) is 37.3 Å². The molecule has 0 spiro atoms. The average Bonchev–Trinajstić information content (AvgIpc) is 2.91. The molecular weight excluding hydrogens is 262 g/mol. The van der Waals surface area contributed by atoms with Crippen LogP contribution in [0.4, 0.5) is 5.69 Å². The van der Waals surface area contributed by atoms with Crippen molar-refractivity contribution in [3.63, 3.8) is 0 Å². The Kier molecular flexibility index (Phi) is 3.69. The lowest BCUT2D eigenvalue weighted by atomic mass is 10.1. The minimum Gasteiger partial charge on any atom is -0.324 e. The summed E-state index contributed by atoms with van der Waals surface area (Å²) < 4.78 is 1.71. The Hall–Kier alpha value is -2.62. The van der Waals surface area contributed by atoms with Crippen molar-refractivity contribution < 1.29 is 4.79 Å². The molecule has 1 N–H and O–H groups in total. The van der Waals surface area contributed by atoms with Crippen LogP contribution in [0.25, 0.3) is 10.9 Å². The highest BCUT2D eigenvalue weighted by atomic mass is 16.2. The SMILES string of the molecule is CCc1ccc(NC(=O)Cn2ncc3ccccc32)cc1. The minimum absolute atomic E-state index is 0.0758. The van der Waals surface area contributed by atoms with E-state index in [2.05, 4.69) is 17.3 Å². The van der Waals surface area contributed by atoms with Crippen molar-refractivity contribution in [3.05, 3.63) is 60.3 Å². The van der Waals surface area contributed by atoms with E-state index in [0.29, 0.717) is 0 Å². The number of hydrogen-bond acceptors (Lipinski definition) is 2. The first kappa shape index (κ1) is 13.4. The Morgan fingerprint density at radius 1 is 1.14 bits per heavy atom. The van der Waals surface area contributed by atoms with Crippen LogP contribution >= 0.6 is 0 Å². The van der Waals surface area contributed by atoms with Crippen molar-refractivity contribution in [2.45, 2.75) is 19.9 Å². The van der Waals surface area contributed by atoms with Crippen LogP contribution < -0.4 is 5.32 Å². The molecule has 0 saturated carbocycles. The molecule has 4 heteroatoms. The van der Waals surface area contributed by atoms with E-state index >= 15 is 0 Å². The highest BCUT2D eigenvalue weighted by Crippen LogP contribution is 2.13. The van der Waals surface area contributed by atoms with Crippen LogP contribution in [0, 0.1) is 0 Å². The van der Waals surface area contributed by atoms with Crippen molar-refractivity contribution in [3.8, 4) is 0 Å². The van der Waals surface area contributed by atoms with E-state index in [1.165, 1.54) is 5.56 Å². The number of nitrogens with one attached hydrogen (secondary N) is 1. The van der Waals surface area contributed by atoms with E-state index < -0.39 is 0 Å². The molecule has 0 fully saturated rings. The number of para-hydroxylation sites is 1. The van der Waals surface area contributed by atoms with Crippen LogP contribution in [0.2, 0.25) is 0 Å². The van der Waals surface area contributed by atoms with Gasteiger partial charge in [0.05, 0.1) is 11.7 Å². The van der Waals surface area contributed by atoms with Crippen molar-refractivity contribution >= 4 is 22.5 Å². The number of amides is 1. The third-order valence-corrected chi connectivity index (χ3v) is 3.49. The largest absolute Gasteiger partial charge is 0.324 e. The Morgan fingerprint density at radius 2 is 1.90 bits per heavy atom. The van der Waals surface area contributed by atoms with Gasteiger partial charge in [-0.05, 0) is 30.2 Å². The fourth-order valence-electron chi connectivity index (χ4n) is 2.31. The number of rotatable bonds is 4. The zero-order chi connectivity index (χ0) is 14.7. The zero-order valence-corrected chi connectivity index (χ0v) is 11.9. The lowest BCUT2D eigenvalue weighted by Gasteiger charge is -2.07. The van der Waals surface area contributed by atoms with Crippen LogP contribution in [0.3, 0.4) is 0 Å². The first-order chi connectivity index (χ1) is 10.3. The number of fused-ring (bicyclic) bond motifs is 1. The molecule has 1 amide bonds. The second-order valence-electron chi connectivity index (χ2n) is 4.96. The number of carbonyl (C=O) groups is 1. The molecule has 0 saturated heterocycles. The number of carbonyl (C=O) groups excluding carboxylic acids is 1. The highest BCUT2D eigenvalue weighted by Gasteiger charge is 2.07. The number of hydrogen-bond donors (Lipinski definition) is 1. The van der Waals surface area contributed by atoms with Crippen LogP contribution in [0.15, 0.2) is 54.7 Å². The van der Waals surface area contributed by atoms with Gasteiger partial charge in [0.2, 0.25) is 5.91 Å². The van der Waals surface area contributed by atoms with Crippen molar-refractivity contribution in [1.29, 1.82) is 0 Å². The summed E-state index contributed by atoms with van der Waals surface area (Å²) in [7, 11) is 0. The molecule has 4 nitrogen and oxygen atoms in total. The summed E-state index contributed by atoms with van der Waals surface area (Å²) in [5.74, 6) is -0.0758. The second-order valence-corrected chi connectivity index (χ2v) is 4.96. The molecule has 1 aromatic heterocycles. The van der Waals surface area contributed by atoms with E-state index in [4.69, 9.17) is 0 Å². The third kappa shape index (κ3) is 2.94. The molecule has 0 aliphatic carbocycles. The summed E-state index contributed by atoms with van der Waals surface area (Å²) in [4.78, 5) is 12.1. The molecule has 0 aliphatic rings. The van der Waals surface area contributed by atoms with Crippen molar-refractivity contribution in [1.82, 2.24) is 9.78 Å². The molecule has 0 bridgehead atoms. The predicted octanol–water partition coefficient (Wildman–Crippen LogP) is 3.24. The highest BCUT2D eigenvalue weighted by molar-refractivity contribution is 5.91. The van der Waals surface area contributed by atoms with Crippen molar-refractivity contribution in [2.24, 2.45) is 0 Å². The molecule has 1 heterocycles. The van der Waals surface area contributed by atoms with Gasteiger partial charge in [-0.2, -0.15) is 5.10 Å². The molecule has 0 unspecified atom stereocenters. The van der Waals surface area contributed by atoms with Gasteiger partial charge < -0.3 is 5.32 Å². The molecule has 106 valence electrons. The Morgan fingerprint density at radius 3 is 2.67 bits per heavy atom. The van der Waals surface area contributed by atoms with Crippen LogP contribution in [0.5, 0.6) is 0 Å². The number of nitrogens with zero attached hydrogens (tertiary/aromatic N) is 2. The van der Waals surface area contributed by atoms with Crippen LogP contribution in [0.1, 0.15) is 12.5 Å². The summed E-state index contributed by atoms with van der Waals surface area (Å²) >= 11 is 0. The Labute approximate surface area is 123 Å². The molecule has 3 aromatic rings. The molecule has 21 heavy (non-hydrogen) atoms. The van der Waals surface area contributed by atoms with Crippen LogP contribution in [-0.4, -0.2) is 15.7 Å². The van der Waals surface area contributed by atoms with E-state index in [1.807, 2.05) is 48.5 Å². The second kappa shape index (κ2) is 5.79. The topological polar surface area (TPSA) is 46.9 Å². The summed E-state index contributed by atoms with van der Waals surface area (Å²) in [5, 5.41) is 8.20. The zero-order valence-electron chi connectivity index (χ0n) is 11.9. The van der Waals surface area contributed by atoms with E-state index in [9.17, 15) is 4.79 Å². The van der Waals surface area contributed by atoms with Gasteiger partial charge in [0.15, 0.2) is 0 Å². The lowest BCUT2D eigenvalue weighted by molar-refractivity contribution is -0.116. The molecule has 3 rings (SSSR count). The molecule has 2 aromatic carbocycles. The van der Waals surface area contributed by atoms with Gasteiger partial charge >= 0.3 is 0 Å². The van der Waals surface area contributed by atoms with Gasteiger partial charge in [0.25, 0.3) is 0 Å². The summed E-state index contributed by atoms with van der Waals surface area (Å²) in [5.41, 5.74) is 3.04. The summed E-state index contributed by atoms with van der Waals surface area (Å²) in [6.45, 7) is 2.32. The predicted molar refractivity (Wildman–Crippen MR) is 84.2 cm³/mol. The molecule has 0 aliphatic heterocycles. The van der Waals surface area contributed by atoms with Crippen molar-refractivity contribution in [2.75, 3.05) is 5.32 Å². The fraction of sp³-hybridized carbons (Fsp3) is 0.176. The first-order valence-electron chi connectivity index (χ1n) is 7.05. The number of aryl methyl sites for hydroxylation is 1. The summed E-state index contributed by atoms with van der Waals surface area (Å²) in [6, 6.07) is 15.8. The smallest absolute Gasteiger partial charge is 0.246 e. The van der Waals surface area contributed by atoms with Gasteiger partial charge in [0, 0.05) is 11.1 Å². The van der Waals surface area contributed by atoms with Crippen LogP contribution in [-0.2, 0) is 17.8 Å². The minimum atomic E-state index is -0.0758. The van der Waals surface area contributed by atoms with Gasteiger partial charge in [0.1, 0.15) is 6.54 Å². The number of aromatic nitrogens is 2. The third-order valence-electron chi connectivity index (χ3n) is 3.49. The standard InChI is InChI=1S/C17H17N3O/c1-2-13-7-9-15(10-8-13)19-17(21)12-20-16-6-4-3-5-14(16)11-18-20/h3-11H,2,12H2,1H3,(H,19,21). The first-order valence-corrected chi connectivity index (χ1v) is 7.05. The quantitative estimate of drug-likeness (QED) is 0.797. The maximum atomic E-state index is 12.1. The number of anilines is 1. The molecular formula is C17H17N3O. The Balaban J connectivity index is 1.71.